The Morgan fingerprint density at radius 2 is 1.89 bits per heavy atom. The minimum atomic E-state index is -4.39. The van der Waals surface area contributed by atoms with Gasteiger partial charge in [0.2, 0.25) is 5.91 Å². The highest BCUT2D eigenvalue weighted by molar-refractivity contribution is 5.94. The Morgan fingerprint density at radius 3 is 2.61 bits per heavy atom. The van der Waals surface area contributed by atoms with E-state index in [4.69, 9.17) is 0 Å². The van der Waals surface area contributed by atoms with Crippen LogP contribution in [-0.4, -0.2) is 27.6 Å². The van der Waals surface area contributed by atoms with Gasteiger partial charge in [0.05, 0.1) is 11.3 Å². The monoisotopic (exact) mass is 386 g/mol. The average Bonchev–Trinajstić information content (AvgIpc) is 3.18. The van der Waals surface area contributed by atoms with Crippen molar-refractivity contribution in [3.63, 3.8) is 0 Å². The smallest absolute Gasteiger partial charge is 0.297 e. The minimum Gasteiger partial charge on any atom is -0.297 e. The Morgan fingerprint density at radius 1 is 1.11 bits per heavy atom. The van der Waals surface area contributed by atoms with Crippen LogP contribution in [0, 0.1) is 0 Å². The molecule has 4 rings (SSSR count). The lowest BCUT2D eigenvalue weighted by Crippen LogP contribution is -2.38. The third kappa shape index (κ3) is 3.62. The number of carbonyl (C=O) groups excluding carboxylic acids is 1. The largest absolute Gasteiger partial charge is 0.416 e. The van der Waals surface area contributed by atoms with Crippen LogP contribution in [0.25, 0.3) is 11.3 Å². The second-order valence-corrected chi connectivity index (χ2v) is 6.73. The van der Waals surface area contributed by atoms with Gasteiger partial charge in [-0.05, 0) is 36.1 Å². The molecular weight excluding hydrogens is 369 g/mol. The quantitative estimate of drug-likeness (QED) is 0.726. The van der Waals surface area contributed by atoms with Crippen LogP contribution in [0.3, 0.4) is 0 Å². The van der Waals surface area contributed by atoms with Crippen LogP contribution in [0.4, 0.5) is 19.0 Å². The summed E-state index contributed by atoms with van der Waals surface area (Å²) in [7, 11) is 0. The Kier molecular flexibility index (Phi) is 4.62. The third-order valence-corrected chi connectivity index (χ3v) is 4.94. The maximum absolute atomic E-state index is 12.9. The van der Waals surface area contributed by atoms with Gasteiger partial charge < -0.3 is 0 Å². The van der Waals surface area contributed by atoms with Gasteiger partial charge in [-0.2, -0.15) is 18.3 Å². The van der Waals surface area contributed by atoms with Gasteiger partial charge in [-0.25, -0.2) is 0 Å². The van der Waals surface area contributed by atoms with Crippen molar-refractivity contribution in [2.75, 3.05) is 11.4 Å². The zero-order valence-electron chi connectivity index (χ0n) is 14.8. The molecule has 1 unspecified atom stereocenters. The van der Waals surface area contributed by atoms with E-state index in [-0.39, 0.29) is 18.2 Å². The standard InChI is InChI=1S/C20H17F3N4O/c21-20(22,23)16-3-1-2-14(10-16)15-6-9-27(19(28)11-15)18-12-17(25-26-18)13-4-7-24-8-5-13/h1-5,7-8,10,12,15H,6,9,11H2,(H,25,26). The molecule has 1 N–H and O–H groups in total. The number of halogens is 3. The number of nitrogens with one attached hydrogen (secondary N) is 1. The van der Waals surface area contributed by atoms with Gasteiger partial charge in [0, 0.05) is 37.0 Å². The zero-order valence-corrected chi connectivity index (χ0v) is 14.8. The summed E-state index contributed by atoms with van der Waals surface area (Å²) in [4.78, 5) is 18.2. The number of aromatic amines is 1. The van der Waals surface area contributed by atoms with Crippen LogP contribution in [0.15, 0.2) is 54.9 Å². The fraction of sp³-hybridized carbons (Fsp3) is 0.250. The first-order valence-electron chi connectivity index (χ1n) is 8.85. The van der Waals surface area contributed by atoms with Crippen LogP contribution in [0.2, 0.25) is 0 Å². The van der Waals surface area contributed by atoms with E-state index in [0.29, 0.717) is 30.0 Å². The molecule has 0 spiro atoms. The van der Waals surface area contributed by atoms with Crippen molar-refractivity contribution in [2.45, 2.75) is 24.9 Å². The van der Waals surface area contributed by atoms with Gasteiger partial charge >= 0.3 is 6.18 Å². The van der Waals surface area contributed by atoms with Crippen LogP contribution < -0.4 is 4.90 Å². The summed E-state index contributed by atoms with van der Waals surface area (Å²) in [5.41, 5.74) is 1.44. The van der Waals surface area contributed by atoms with Crippen molar-refractivity contribution in [1.82, 2.24) is 15.2 Å². The number of piperidine rings is 1. The molecule has 1 aliphatic rings. The van der Waals surface area contributed by atoms with E-state index in [9.17, 15) is 18.0 Å². The number of aromatic nitrogens is 3. The lowest BCUT2D eigenvalue weighted by molar-refractivity contribution is -0.137. The van der Waals surface area contributed by atoms with E-state index >= 15 is 0 Å². The predicted octanol–water partition coefficient (Wildman–Crippen LogP) is 4.40. The number of H-pyrrole nitrogens is 1. The summed E-state index contributed by atoms with van der Waals surface area (Å²) >= 11 is 0. The molecule has 1 aromatic carbocycles. The van der Waals surface area contributed by atoms with E-state index in [1.54, 1.807) is 29.4 Å². The van der Waals surface area contributed by atoms with Gasteiger partial charge in [-0.15, -0.1) is 0 Å². The maximum atomic E-state index is 12.9. The fourth-order valence-electron chi connectivity index (χ4n) is 3.46. The van der Waals surface area contributed by atoms with Crippen LogP contribution in [0.5, 0.6) is 0 Å². The summed E-state index contributed by atoms with van der Waals surface area (Å²) in [5.74, 6) is 0.214. The molecule has 0 aliphatic carbocycles. The number of hydrogen-bond acceptors (Lipinski definition) is 3. The highest BCUT2D eigenvalue weighted by Crippen LogP contribution is 2.35. The van der Waals surface area contributed by atoms with Crippen molar-refractivity contribution < 1.29 is 18.0 Å². The minimum absolute atomic E-state index is 0.140. The molecule has 0 bridgehead atoms. The lowest BCUT2D eigenvalue weighted by atomic mass is 9.88. The number of benzene rings is 1. The van der Waals surface area contributed by atoms with Crippen molar-refractivity contribution in [1.29, 1.82) is 0 Å². The van der Waals surface area contributed by atoms with Gasteiger partial charge in [-0.1, -0.05) is 18.2 Å². The molecule has 8 heteroatoms. The molecule has 1 saturated heterocycles. The Balaban J connectivity index is 1.49. The van der Waals surface area contributed by atoms with Crippen molar-refractivity contribution >= 4 is 11.7 Å². The number of rotatable bonds is 3. The summed E-state index contributed by atoms with van der Waals surface area (Å²) < 4.78 is 38.8. The predicted molar refractivity (Wildman–Crippen MR) is 97.6 cm³/mol. The molecule has 3 heterocycles. The topological polar surface area (TPSA) is 61.9 Å². The van der Waals surface area contributed by atoms with Crippen LogP contribution >= 0.6 is 0 Å². The molecule has 1 fully saturated rings. The summed E-state index contributed by atoms with van der Waals surface area (Å²) in [5, 5.41) is 7.11. The summed E-state index contributed by atoms with van der Waals surface area (Å²) in [6, 6.07) is 10.7. The number of pyridine rings is 1. The normalized spacial score (nSPS) is 17.8. The first-order valence-corrected chi connectivity index (χ1v) is 8.85. The Labute approximate surface area is 159 Å². The number of carbonyl (C=O) groups is 1. The van der Waals surface area contributed by atoms with Gasteiger partial charge in [-0.3, -0.25) is 19.8 Å². The molecule has 1 atom stereocenters. The third-order valence-electron chi connectivity index (χ3n) is 4.94. The molecule has 5 nitrogen and oxygen atoms in total. The zero-order chi connectivity index (χ0) is 19.7. The molecular formula is C20H17F3N4O. The number of nitrogens with zero attached hydrogens (tertiary/aromatic N) is 3. The molecule has 144 valence electrons. The summed E-state index contributed by atoms with van der Waals surface area (Å²) in [6.45, 7) is 0.414. The van der Waals surface area contributed by atoms with E-state index < -0.39 is 11.7 Å². The Bertz CT molecular complexity index is 984. The van der Waals surface area contributed by atoms with Crippen molar-refractivity contribution in [3.8, 4) is 11.3 Å². The molecule has 28 heavy (non-hydrogen) atoms. The van der Waals surface area contributed by atoms with E-state index in [2.05, 4.69) is 15.2 Å². The number of hydrogen-bond donors (Lipinski definition) is 1. The Hall–Kier alpha value is -3.16. The van der Waals surface area contributed by atoms with E-state index in [1.807, 2.05) is 12.1 Å². The number of amides is 1. The van der Waals surface area contributed by atoms with Crippen molar-refractivity contribution in [2.24, 2.45) is 0 Å². The van der Waals surface area contributed by atoms with E-state index in [0.717, 1.165) is 17.7 Å². The second-order valence-electron chi connectivity index (χ2n) is 6.73. The molecule has 3 aromatic rings. The first kappa shape index (κ1) is 18.2. The fourth-order valence-corrected chi connectivity index (χ4v) is 3.46. The molecule has 0 radical (unpaired) electrons. The van der Waals surface area contributed by atoms with Crippen molar-refractivity contribution in [3.05, 3.63) is 66.0 Å². The van der Waals surface area contributed by atoms with Crippen LogP contribution in [-0.2, 0) is 11.0 Å². The van der Waals surface area contributed by atoms with Gasteiger partial charge in [0.1, 0.15) is 5.82 Å². The van der Waals surface area contributed by atoms with E-state index in [1.165, 1.54) is 6.07 Å². The SMILES string of the molecule is O=C1CC(c2cccc(C(F)(F)F)c2)CCN1c1cc(-c2ccncc2)n[nH]1. The molecule has 1 aliphatic heterocycles. The maximum Gasteiger partial charge on any atom is 0.416 e. The second kappa shape index (κ2) is 7.10. The molecule has 1 amide bonds. The number of anilines is 1. The van der Waals surface area contributed by atoms with Crippen LogP contribution in [0.1, 0.15) is 29.9 Å². The highest BCUT2D eigenvalue weighted by atomic mass is 19.4. The summed E-state index contributed by atoms with van der Waals surface area (Å²) in [6.07, 6.45) is -0.327. The molecule has 2 aromatic heterocycles. The highest BCUT2D eigenvalue weighted by Gasteiger charge is 2.33. The first-order chi connectivity index (χ1) is 13.4. The van der Waals surface area contributed by atoms with Gasteiger partial charge in [0.25, 0.3) is 0 Å². The van der Waals surface area contributed by atoms with Gasteiger partial charge in [0.15, 0.2) is 0 Å². The number of alkyl halides is 3. The average molecular weight is 386 g/mol. The molecule has 0 saturated carbocycles. The lowest BCUT2D eigenvalue weighted by Gasteiger charge is -2.31.